The van der Waals surface area contributed by atoms with Crippen LogP contribution in [0.3, 0.4) is 0 Å². The van der Waals surface area contributed by atoms with Gasteiger partial charge in [0.15, 0.2) is 0 Å². The van der Waals surface area contributed by atoms with Gasteiger partial charge in [-0.1, -0.05) is 12.8 Å². The molecule has 108 valence electrons. The van der Waals surface area contributed by atoms with Gasteiger partial charge in [-0.2, -0.15) is 13.2 Å². The van der Waals surface area contributed by atoms with E-state index in [0.29, 0.717) is 0 Å². The Kier molecular flexibility index (Phi) is 5.10. The highest BCUT2D eigenvalue weighted by atomic mass is 35.5. The summed E-state index contributed by atoms with van der Waals surface area (Å²) in [7, 11) is 0. The number of benzene rings is 1. The topological polar surface area (TPSA) is 46.2 Å². The minimum atomic E-state index is -4.40. The maximum atomic E-state index is 12.6. The lowest BCUT2D eigenvalue weighted by atomic mass is 9.91. The van der Waals surface area contributed by atoms with Crippen molar-refractivity contribution in [3.63, 3.8) is 0 Å². The molecule has 1 saturated carbocycles. The summed E-state index contributed by atoms with van der Waals surface area (Å²) in [6.45, 7) is 0. The summed E-state index contributed by atoms with van der Waals surface area (Å²) in [6, 6.07) is 2.40. The van der Waals surface area contributed by atoms with E-state index < -0.39 is 17.8 Å². The number of hydrogen-bond donors (Lipinski definition) is 2. The summed E-state index contributed by atoms with van der Waals surface area (Å²) < 4.78 is 37.9. The predicted molar refractivity (Wildman–Crippen MR) is 69.2 cm³/mol. The highest BCUT2D eigenvalue weighted by Crippen LogP contribution is 2.39. The molecular formula is C13H17ClF3NO. The summed E-state index contributed by atoms with van der Waals surface area (Å²) in [5, 5.41) is 9.68. The Morgan fingerprint density at radius 3 is 2.32 bits per heavy atom. The third-order valence-electron chi connectivity index (χ3n) is 3.62. The van der Waals surface area contributed by atoms with E-state index in [1.165, 1.54) is 0 Å². The molecule has 0 heterocycles. The minimum absolute atomic E-state index is 0. The largest absolute Gasteiger partial charge is 0.508 e. The molecule has 6 heteroatoms. The zero-order valence-corrected chi connectivity index (χ0v) is 11.1. The van der Waals surface area contributed by atoms with Crippen molar-refractivity contribution in [3.05, 3.63) is 29.3 Å². The van der Waals surface area contributed by atoms with E-state index >= 15 is 0 Å². The van der Waals surface area contributed by atoms with Gasteiger partial charge in [-0.05, 0) is 37.0 Å². The number of phenols is 1. The van der Waals surface area contributed by atoms with E-state index in [0.717, 1.165) is 43.9 Å². The quantitative estimate of drug-likeness (QED) is 0.865. The van der Waals surface area contributed by atoms with Crippen LogP contribution in [0.2, 0.25) is 0 Å². The zero-order chi connectivity index (χ0) is 13.3. The molecule has 3 N–H and O–H groups in total. The minimum Gasteiger partial charge on any atom is -0.508 e. The molecule has 0 aromatic heterocycles. The summed E-state index contributed by atoms with van der Waals surface area (Å²) in [6.07, 6.45) is -0.471. The third kappa shape index (κ3) is 3.54. The van der Waals surface area contributed by atoms with Crippen molar-refractivity contribution < 1.29 is 18.3 Å². The molecule has 19 heavy (non-hydrogen) atoms. The molecule has 0 spiro atoms. The first-order valence-corrected chi connectivity index (χ1v) is 6.05. The van der Waals surface area contributed by atoms with Gasteiger partial charge in [-0.3, -0.25) is 0 Å². The maximum Gasteiger partial charge on any atom is 0.416 e. The second-order valence-electron chi connectivity index (χ2n) is 4.84. The number of nitrogens with two attached hydrogens (primary N) is 1. The van der Waals surface area contributed by atoms with Crippen LogP contribution in [-0.4, -0.2) is 5.11 Å². The summed E-state index contributed by atoms with van der Waals surface area (Å²) in [5.41, 5.74) is 5.43. The van der Waals surface area contributed by atoms with Crippen molar-refractivity contribution in [1.82, 2.24) is 0 Å². The highest BCUT2D eigenvalue weighted by Gasteiger charge is 2.33. The Hall–Kier alpha value is -0.940. The molecule has 1 fully saturated rings. The van der Waals surface area contributed by atoms with E-state index in [-0.39, 0.29) is 29.6 Å². The van der Waals surface area contributed by atoms with Crippen LogP contribution >= 0.6 is 12.4 Å². The normalized spacial score (nSPS) is 18.1. The average Bonchev–Trinajstić information content (AvgIpc) is 2.80. The van der Waals surface area contributed by atoms with Crippen LogP contribution in [0.5, 0.6) is 5.75 Å². The van der Waals surface area contributed by atoms with E-state index in [1.54, 1.807) is 0 Å². The molecule has 0 aliphatic heterocycles. The van der Waals surface area contributed by atoms with Gasteiger partial charge in [0.1, 0.15) is 5.75 Å². The van der Waals surface area contributed by atoms with Crippen LogP contribution in [0.25, 0.3) is 0 Å². The Morgan fingerprint density at radius 2 is 1.79 bits per heavy atom. The van der Waals surface area contributed by atoms with Gasteiger partial charge in [0.25, 0.3) is 0 Å². The first-order valence-electron chi connectivity index (χ1n) is 6.05. The van der Waals surface area contributed by atoms with Crippen molar-refractivity contribution in [2.45, 2.75) is 37.9 Å². The van der Waals surface area contributed by atoms with E-state index in [4.69, 9.17) is 5.73 Å². The summed E-state index contributed by atoms with van der Waals surface area (Å²) >= 11 is 0. The van der Waals surface area contributed by atoms with Crippen LogP contribution < -0.4 is 5.73 Å². The molecule has 0 radical (unpaired) electrons. The van der Waals surface area contributed by atoms with Crippen molar-refractivity contribution in [3.8, 4) is 5.75 Å². The van der Waals surface area contributed by atoms with Gasteiger partial charge in [0.2, 0.25) is 0 Å². The fourth-order valence-corrected chi connectivity index (χ4v) is 2.57. The van der Waals surface area contributed by atoms with Crippen LogP contribution in [0, 0.1) is 5.92 Å². The van der Waals surface area contributed by atoms with Gasteiger partial charge in [0.05, 0.1) is 5.56 Å². The standard InChI is InChI=1S/C13H16F3NO.ClH/c14-13(15,16)9-5-6-11(18)10(7-9)12(17)8-3-1-2-4-8;/h5-8,12,18H,1-4,17H2;1H/t12-;/m0./s1. The molecule has 0 bridgehead atoms. The highest BCUT2D eigenvalue weighted by molar-refractivity contribution is 5.85. The molecule has 1 aromatic rings. The predicted octanol–water partition coefficient (Wildman–Crippen LogP) is 4.02. The Bertz CT molecular complexity index is 430. The van der Waals surface area contributed by atoms with Gasteiger partial charge >= 0.3 is 6.18 Å². The van der Waals surface area contributed by atoms with Crippen molar-refractivity contribution in [2.75, 3.05) is 0 Å². The number of hydrogen-bond acceptors (Lipinski definition) is 2. The molecule has 0 unspecified atom stereocenters. The van der Waals surface area contributed by atoms with Crippen LogP contribution in [0.4, 0.5) is 13.2 Å². The summed E-state index contributed by atoms with van der Waals surface area (Å²) in [4.78, 5) is 0. The van der Waals surface area contributed by atoms with Gasteiger partial charge in [-0.15, -0.1) is 12.4 Å². The second-order valence-corrected chi connectivity index (χ2v) is 4.84. The van der Waals surface area contributed by atoms with Gasteiger partial charge in [0, 0.05) is 11.6 Å². The Morgan fingerprint density at radius 1 is 1.21 bits per heavy atom. The molecular weight excluding hydrogens is 279 g/mol. The lowest BCUT2D eigenvalue weighted by molar-refractivity contribution is -0.137. The lowest BCUT2D eigenvalue weighted by Crippen LogP contribution is -2.20. The van der Waals surface area contributed by atoms with Crippen molar-refractivity contribution in [1.29, 1.82) is 0 Å². The maximum absolute atomic E-state index is 12.6. The molecule has 0 saturated heterocycles. The van der Waals surface area contributed by atoms with E-state index in [2.05, 4.69) is 0 Å². The summed E-state index contributed by atoms with van der Waals surface area (Å²) in [5.74, 6) is 0.0155. The second kappa shape index (κ2) is 6.01. The lowest BCUT2D eigenvalue weighted by Gasteiger charge is -2.21. The average molecular weight is 296 g/mol. The number of halogens is 4. The SMILES string of the molecule is Cl.N[C@H](c1cc(C(F)(F)F)ccc1O)C1CCCC1. The monoisotopic (exact) mass is 295 g/mol. The number of phenolic OH excluding ortho intramolecular Hbond substituents is 1. The molecule has 1 atom stereocenters. The van der Waals surface area contributed by atoms with E-state index in [1.807, 2.05) is 0 Å². The Labute approximate surface area is 116 Å². The molecule has 2 rings (SSSR count). The van der Waals surface area contributed by atoms with Gasteiger partial charge < -0.3 is 10.8 Å². The molecule has 2 nitrogen and oxygen atoms in total. The van der Waals surface area contributed by atoms with Crippen molar-refractivity contribution >= 4 is 12.4 Å². The smallest absolute Gasteiger partial charge is 0.416 e. The van der Waals surface area contributed by atoms with E-state index in [9.17, 15) is 18.3 Å². The first kappa shape index (κ1) is 16.1. The Balaban J connectivity index is 0.00000180. The van der Waals surface area contributed by atoms with Gasteiger partial charge in [-0.25, -0.2) is 0 Å². The fraction of sp³-hybridized carbons (Fsp3) is 0.538. The van der Waals surface area contributed by atoms with Crippen LogP contribution in [0.1, 0.15) is 42.9 Å². The van der Waals surface area contributed by atoms with Crippen LogP contribution in [-0.2, 0) is 6.18 Å². The molecule has 0 amide bonds. The molecule has 1 aliphatic rings. The fourth-order valence-electron chi connectivity index (χ4n) is 2.57. The number of alkyl halides is 3. The molecule has 1 aliphatic carbocycles. The zero-order valence-electron chi connectivity index (χ0n) is 10.3. The first-order chi connectivity index (χ1) is 8.39. The third-order valence-corrected chi connectivity index (χ3v) is 3.62. The van der Waals surface area contributed by atoms with Crippen molar-refractivity contribution in [2.24, 2.45) is 11.7 Å². The number of rotatable bonds is 2. The number of aromatic hydroxyl groups is 1. The van der Waals surface area contributed by atoms with Crippen LogP contribution in [0.15, 0.2) is 18.2 Å². The molecule has 1 aromatic carbocycles.